The fourth-order valence-corrected chi connectivity index (χ4v) is 1.24. The van der Waals surface area contributed by atoms with E-state index in [1.807, 2.05) is 34.6 Å². The van der Waals surface area contributed by atoms with E-state index in [9.17, 15) is 4.79 Å². The number of carboxylic acid groups (broad SMARTS) is 1. The molecule has 1 aromatic rings. The van der Waals surface area contributed by atoms with Gasteiger partial charge in [0.2, 0.25) is 5.76 Å². The van der Waals surface area contributed by atoms with Gasteiger partial charge in [-0.2, -0.15) is 0 Å². The fraction of sp³-hybridized carbons (Fsp3) is 0.636. The van der Waals surface area contributed by atoms with Gasteiger partial charge in [0.1, 0.15) is 0 Å². The number of aromatic carboxylic acids is 1. The number of nitrogens with zero attached hydrogens (tertiary/aromatic N) is 1. The molecule has 0 aromatic carbocycles. The molecule has 0 amide bonds. The van der Waals surface area contributed by atoms with Gasteiger partial charge in [-0.3, -0.25) is 0 Å². The van der Waals surface area contributed by atoms with Gasteiger partial charge < -0.3 is 9.52 Å². The van der Waals surface area contributed by atoms with Gasteiger partial charge in [-0.05, 0) is 0 Å². The van der Waals surface area contributed by atoms with E-state index < -0.39 is 5.97 Å². The zero-order valence-electron chi connectivity index (χ0n) is 9.79. The highest BCUT2D eigenvalue weighted by Crippen LogP contribution is 2.28. The molecule has 1 aromatic heterocycles. The zero-order chi connectivity index (χ0) is 11.8. The Morgan fingerprint density at radius 3 is 2.20 bits per heavy atom. The number of aromatic nitrogens is 1. The minimum absolute atomic E-state index is 0.0359. The minimum atomic E-state index is -1.06. The summed E-state index contributed by atoms with van der Waals surface area (Å²) in [5.74, 6) is -0.512. The molecule has 0 bridgehead atoms. The summed E-state index contributed by atoms with van der Waals surface area (Å²) in [6.07, 6.45) is 0. The van der Waals surface area contributed by atoms with Crippen LogP contribution in [0.3, 0.4) is 0 Å². The van der Waals surface area contributed by atoms with Crippen molar-refractivity contribution in [1.82, 2.24) is 4.98 Å². The van der Waals surface area contributed by atoms with Crippen LogP contribution in [0.5, 0.6) is 0 Å². The Labute approximate surface area is 89.3 Å². The summed E-state index contributed by atoms with van der Waals surface area (Å²) in [5.41, 5.74) is 0.198. The summed E-state index contributed by atoms with van der Waals surface area (Å²) < 4.78 is 5.25. The van der Waals surface area contributed by atoms with Gasteiger partial charge in [0.05, 0.1) is 5.69 Å². The summed E-state index contributed by atoms with van der Waals surface area (Å²) in [6, 6.07) is 0. The number of hydrogen-bond acceptors (Lipinski definition) is 3. The molecule has 0 unspecified atom stereocenters. The van der Waals surface area contributed by atoms with Gasteiger partial charge >= 0.3 is 5.97 Å². The summed E-state index contributed by atoms with van der Waals surface area (Å²) in [5, 5.41) is 8.99. The molecule has 1 heterocycles. The van der Waals surface area contributed by atoms with Crippen LogP contribution in [0.1, 0.15) is 62.7 Å². The van der Waals surface area contributed by atoms with E-state index >= 15 is 0 Å². The lowest BCUT2D eigenvalue weighted by atomic mass is 9.91. The Kier molecular flexibility index (Phi) is 2.88. The first-order valence-corrected chi connectivity index (χ1v) is 4.98. The van der Waals surface area contributed by atoms with Crippen LogP contribution in [0.2, 0.25) is 0 Å². The lowest BCUT2D eigenvalue weighted by Crippen LogP contribution is -2.16. The number of rotatable bonds is 2. The molecule has 0 aliphatic carbocycles. The highest BCUT2D eigenvalue weighted by molar-refractivity contribution is 5.86. The van der Waals surface area contributed by atoms with Crippen molar-refractivity contribution in [2.45, 2.75) is 46.0 Å². The van der Waals surface area contributed by atoms with Crippen molar-refractivity contribution in [2.75, 3.05) is 0 Å². The Hall–Kier alpha value is -1.32. The molecule has 1 N–H and O–H groups in total. The van der Waals surface area contributed by atoms with Gasteiger partial charge in [0, 0.05) is 11.3 Å². The largest absolute Gasteiger partial charge is 0.475 e. The second-order valence-electron chi connectivity index (χ2n) is 4.94. The fourth-order valence-electron chi connectivity index (χ4n) is 1.24. The van der Waals surface area contributed by atoms with E-state index in [0.717, 1.165) is 0 Å². The van der Waals surface area contributed by atoms with Crippen LogP contribution in [0.4, 0.5) is 0 Å². The molecular formula is C11H17NO3. The van der Waals surface area contributed by atoms with Gasteiger partial charge in [0.15, 0.2) is 5.89 Å². The maximum atomic E-state index is 11.0. The molecule has 0 spiro atoms. The maximum absolute atomic E-state index is 11.0. The van der Waals surface area contributed by atoms with Crippen LogP contribution in [0, 0.1) is 0 Å². The Morgan fingerprint density at radius 2 is 1.93 bits per heavy atom. The molecule has 84 valence electrons. The number of carbonyl (C=O) groups is 1. The Morgan fingerprint density at radius 1 is 1.40 bits per heavy atom. The second-order valence-corrected chi connectivity index (χ2v) is 4.94. The molecule has 1 rings (SSSR count). The van der Waals surface area contributed by atoms with E-state index in [1.54, 1.807) is 0 Å². The zero-order valence-corrected chi connectivity index (χ0v) is 9.79. The number of carboxylic acids is 1. The van der Waals surface area contributed by atoms with Crippen molar-refractivity contribution in [1.29, 1.82) is 0 Å². The van der Waals surface area contributed by atoms with E-state index in [-0.39, 0.29) is 17.1 Å². The monoisotopic (exact) mass is 211 g/mol. The lowest BCUT2D eigenvalue weighted by Gasteiger charge is -2.14. The average molecular weight is 211 g/mol. The van der Waals surface area contributed by atoms with Crippen molar-refractivity contribution < 1.29 is 14.3 Å². The van der Waals surface area contributed by atoms with Crippen LogP contribution in [-0.4, -0.2) is 16.1 Å². The van der Waals surface area contributed by atoms with Crippen molar-refractivity contribution in [3.05, 3.63) is 17.3 Å². The highest BCUT2D eigenvalue weighted by atomic mass is 16.4. The number of hydrogen-bond donors (Lipinski definition) is 1. The van der Waals surface area contributed by atoms with E-state index in [1.165, 1.54) is 0 Å². The summed E-state index contributed by atoms with van der Waals surface area (Å²) in [7, 11) is 0. The number of oxazole rings is 1. The molecule has 0 aliphatic rings. The van der Waals surface area contributed by atoms with Crippen LogP contribution >= 0.6 is 0 Å². The Bertz CT molecular complexity index is 372. The van der Waals surface area contributed by atoms with Crippen LogP contribution in [0.25, 0.3) is 0 Å². The van der Waals surface area contributed by atoms with Gasteiger partial charge in [0.25, 0.3) is 0 Å². The predicted molar refractivity (Wildman–Crippen MR) is 56.3 cm³/mol. The lowest BCUT2D eigenvalue weighted by molar-refractivity contribution is 0.0656. The molecule has 0 fully saturated rings. The topological polar surface area (TPSA) is 63.3 Å². The normalized spacial score (nSPS) is 12.1. The van der Waals surface area contributed by atoms with Crippen molar-refractivity contribution >= 4 is 5.97 Å². The van der Waals surface area contributed by atoms with E-state index in [2.05, 4.69) is 4.98 Å². The van der Waals surface area contributed by atoms with E-state index in [0.29, 0.717) is 11.6 Å². The first kappa shape index (κ1) is 11.8. The van der Waals surface area contributed by atoms with Gasteiger partial charge in [-0.15, -0.1) is 0 Å². The highest BCUT2D eigenvalue weighted by Gasteiger charge is 2.29. The second kappa shape index (κ2) is 3.68. The molecule has 0 aliphatic heterocycles. The van der Waals surface area contributed by atoms with Gasteiger partial charge in [-0.25, -0.2) is 9.78 Å². The SMILES string of the molecule is CC(C)c1nc(C(C)(C)C)c(C(=O)O)o1. The third-order valence-electron chi connectivity index (χ3n) is 2.04. The molecule has 0 radical (unpaired) electrons. The third-order valence-corrected chi connectivity index (χ3v) is 2.04. The molecule has 0 saturated carbocycles. The molecule has 4 heteroatoms. The summed E-state index contributed by atoms with van der Waals surface area (Å²) >= 11 is 0. The van der Waals surface area contributed by atoms with Crippen molar-refractivity contribution in [3.63, 3.8) is 0 Å². The smallest absolute Gasteiger partial charge is 0.373 e. The van der Waals surface area contributed by atoms with Crippen LogP contribution in [-0.2, 0) is 5.41 Å². The predicted octanol–water partition coefficient (Wildman–Crippen LogP) is 2.79. The third kappa shape index (κ3) is 2.37. The standard InChI is InChI=1S/C11H17NO3/c1-6(2)9-12-8(11(3,4)5)7(15-9)10(13)14/h6H,1-5H3,(H,13,14). The Balaban J connectivity index is 3.30. The first-order valence-electron chi connectivity index (χ1n) is 4.98. The summed E-state index contributed by atoms with van der Waals surface area (Å²) in [6.45, 7) is 9.60. The van der Waals surface area contributed by atoms with Gasteiger partial charge in [-0.1, -0.05) is 34.6 Å². The van der Waals surface area contributed by atoms with Crippen molar-refractivity contribution in [3.8, 4) is 0 Å². The average Bonchev–Trinajstić information content (AvgIpc) is 2.45. The molecule has 4 nitrogen and oxygen atoms in total. The quantitative estimate of drug-likeness (QED) is 0.817. The van der Waals surface area contributed by atoms with Crippen molar-refractivity contribution in [2.24, 2.45) is 0 Å². The van der Waals surface area contributed by atoms with Crippen LogP contribution < -0.4 is 0 Å². The first-order chi connectivity index (χ1) is 6.73. The van der Waals surface area contributed by atoms with E-state index in [4.69, 9.17) is 9.52 Å². The summed E-state index contributed by atoms with van der Waals surface area (Å²) in [4.78, 5) is 15.2. The molecular weight excluding hydrogens is 194 g/mol. The maximum Gasteiger partial charge on any atom is 0.373 e. The molecule has 0 atom stereocenters. The molecule has 0 saturated heterocycles. The minimum Gasteiger partial charge on any atom is -0.475 e. The molecule has 15 heavy (non-hydrogen) atoms. The van der Waals surface area contributed by atoms with Crippen LogP contribution in [0.15, 0.2) is 4.42 Å².